The van der Waals surface area contributed by atoms with Crippen molar-refractivity contribution in [3.8, 4) is 0 Å². The fourth-order valence-corrected chi connectivity index (χ4v) is 2.31. The highest BCUT2D eigenvalue weighted by Gasteiger charge is 2.14. The van der Waals surface area contributed by atoms with Crippen LogP contribution in [0, 0.1) is 0 Å². The Morgan fingerprint density at radius 1 is 1.04 bits per heavy atom. The third kappa shape index (κ3) is 6.17. The molecule has 0 saturated heterocycles. The lowest BCUT2D eigenvalue weighted by molar-refractivity contribution is -0.117. The lowest BCUT2D eigenvalue weighted by Gasteiger charge is -2.11. The van der Waals surface area contributed by atoms with E-state index in [4.69, 9.17) is 5.11 Å². The summed E-state index contributed by atoms with van der Waals surface area (Å²) in [5.41, 5.74) is 1.40. The summed E-state index contributed by atoms with van der Waals surface area (Å²) in [6.45, 7) is 0.318. The van der Waals surface area contributed by atoms with Crippen molar-refractivity contribution in [3.05, 3.63) is 75.9 Å². The van der Waals surface area contributed by atoms with Crippen LogP contribution in [0.5, 0.6) is 0 Å². The van der Waals surface area contributed by atoms with Crippen molar-refractivity contribution in [2.75, 3.05) is 13.2 Å². The van der Waals surface area contributed by atoms with E-state index in [0.717, 1.165) is 10.0 Å². The highest BCUT2D eigenvalue weighted by atomic mass is 79.9. The molecule has 0 fully saturated rings. The van der Waals surface area contributed by atoms with Crippen LogP contribution in [-0.2, 0) is 4.79 Å². The van der Waals surface area contributed by atoms with E-state index in [9.17, 15) is 9.59 Å². The van der Waals surface area contributed by atoms with E-state index in [1.807, 2.05) is 30.3 Å². The van der Waals surface area contributed by atoms with Gasteiger partial charge in [0.2, 0.25) is 0 Å². The van der Waals surface area contributed by atoms with Crippen LogP contribution >= 0.6 is 15.9 Å². The molecule has 0 aliphatic carbocycles. The van der Waals surface area contributed by atoms with Gasteiger partial charge in [0.05, 0.1) is 0 Å². The molecule has 3 N–H and O–H groups in total. The average Bonchev–Trinajstić information content (AvgIpc) is 2.62. The molecule has 0 aromatic heterocycles. The maximum atomic E-state index is 12.4. The molecule has 0 heterocycles. The third-order valence-corrected chi connectivity index (χ3v) is 3.86. The molecule has 2 aromatic rings. The van der Waals surface area contributed by atoms with Crippen LogP contribution < -0.4 is 10.6 Å². The molecule has 2 aromatic carbocycles. The molecule has 0 atom stereocenters. The van der Waals surface area contributed by atoms with Gasteiger partial charge in [0.1, 0.15) is 5.70 Å². The summed E-state index contributed by atoms with van der Waals surface area (Å²) in [4.78, 5) is 24.8. The Morgan fingerprint density at radius 3 is 2.36 bits per heavy atom. The van der Waals surface area contributed by atoms with Crippen molar-refractivity contribution in [3.63, 3.8) is 0 Å². The number of carbonyl (C=O) groups is 2. The second-order valence-electron chi connectivity index (χ2n) is 5.26. The minimum absolute atomic E-state index is 0.0106. The molecular weight excluding hydrogens is 384 g/mol. The number of nitrogens with one attached hydrogen (secondary N) is 2. The zero-order chi connectivity index (χ0) is 18.1. The predicted molar refractivity (Wildman–Crippen MR) is 101 cm³/mol. The van der Waals surface area contributed by atoms with Crippen LogP contribution in [-0.4, -0.2) is 30.1 Å². The normalized spacial score (nSPS) is 11.0. The Hall–Kier alpha value is -2.44. The highest BCUT2D eigenvalue weighted by Crippen LogP contribution is 2.11. The van der Waals surface area contributed by atoms with E-state index < -0.39 is 5.91 Å². The van der Waals surface area contributed by atoms with Gasteiger partial charge in [-0.25, -0.2) is 0 Å². The van der Waals surface area contributed by atoms with Crippen molar-refractivity contribution in [2.24, 2.45) is 0 Å². The SMILES string of the molecule is O=C(NCCCO)/C(=C\c1ccccc1)NC(=O)c1ccc(Br)cc1. The van der Waals surface area contributed by atoms with E-state index in [1.54, 1.807) is 30.3 Å². The maximum absolute atomic E-state index is 12.4. The zero-order valence-electron chi connectivity index (χ0n) is 13.5. The third-order valence-electron chi connectivity index (χ3n) is 3.33. The van der Waals surface area contributed by atoms with E-state index in [0.29, 0.717) is 18.5 Å². The molecule has 0 aliphatic heterocycles. The fourth-order valence-electron chi connectivity index (χ4n) is 2.05. The van der Waals surface area contributed by atoms with Gasteiger partial charge in [0.25, 0.3) is 11.8 Å². The second-order valence-corrected chi connectivity index (χ2v) is 6.18. The molecule has 0 bridgehead atoms. The van der Waals surface area contributed by atoms with Crippen molar-refractivity contribution in [2.45, 2.75) is 6.42 Å². The average molecular weight is 403 g/mol. The number of aliphatic hydroxyl groups is 1. The molecule has 25 heavy (non-hydrogen) atoms. The lowest BCUT2D eigenvalue weighted by atomic mass is 10.1. The molecule has 2 rings (SSSR count). The van der Waals surface area contributed by atoms with Gasteiger partial charge < -0.3 is 15.7 Å². The van der Waals surface area contributed by atoms with Crippen molar-refractivity contribution in [1.82, 2.24) is 10.6 Å². The van der Waals surface area contributed by atoms with E-state index in [-0.39, 0.29) is 18.2 Å². The van der Waals surface area contributed by atoms with Gasteiger partial charge in [-0.3, -0.25) is 9.59 Å². The first-order valence-corrected chi connectivity index (χ1v) is 8.62. The molecule has 5 nitrogen and oxygen atoms in total. The molecule has 0 radical (unpaired) electrons. The van der Waals surface area contributed by atoms with Crippen molar-refractivity contribution in [1.29, 1.82) is 0 Å². The molecular formula is C19H19BrN2O3. The maximum Gasteiger partial charge on any atom is 0.267 e. The van der Waals surface area contributed by atoms with Crippen LogP contribution in [0.15, 0.2) is 64.8 Å². The highest BCUT2D eigenvalue weighted by molar-refractivity contribution is 9.10. The smallest absolute Gasteiger partial charge is 0.267 e. The number of carbonyl (C=O) groups excluding carboxylic acids is 2. The van der Waals surface area contributed by atoms with Gasteiger partial charge >= 0.3 is 0 Å². The number of hydrogen-bond donors (Lipinski definition) is 3. The molecule has 0 saturated carbocycles. The Labute approximate surface area is 154 Å². The summed E-state index contributed by atoms with van der Waals surface area (Å²) in [5, 5.41) is 14.2. The summed E-state index contributed by atoms with van der Waals surface area (Å²) in [6.07, 6.45) is 2.07. The minimum Gasteiger partial charge on any atom is -0.396 e. The zero-order valence-corrected chi connectivity index (χ0v) is 15.1. The van der Waals surface area contributed by atoms with Gasteiger partial charge in [-0.15, -0.1) is 0 Å². The number of amides is 2. The largest absolute Gasteiger partial charge is 0.396 e. The number of hydrogen-bond acceptors (Lipinski definition) is 3. The number of aliphatic hydroxyl groups excluding tert-OH is 1. The first kappa shape index (κ1) is 18.9. The Morgan fingerprint density at radius 2 is 1.72 bits per heavy atom. The molecule has 0 unspecified atom stereocenters. The first-order chi connectivity index (χ1) is 12.1. The van der Waals surface area contributed by atoms with E-state index >= 15 is 0 Å². The Kier molecular flexibility index (Phi) is 7.37. The van der Waals surface area contributed by atoms with Gasteiger partial charge in [-0.05, 0) is 42.3 Å². The minimum atomic E-state index is -0.400. The molecule has 0 aliphatic rings. The van der Waals surface area contributed by atoms with Crippen LogP contribution in [0.4, 0.5) is 0 Å². The lowest BCUT2D eigenvalue weighted by Crippen LogP contribution is -2.35. The molecule has 6 heteroatoms. The summed E-state index contributed by atoms with van der Waals surface area (Å²) in [7, 11) is 0. The van der Waals surface area contributed by atoms with Gasteiger partial charge in [-0.1, -0.05) is 46.3 Å². The number of benzene rings is 2. The van der Waals surface area contributed by atoms with E-state index in [2.05, 4.69) is 26.6 Å². The van der Waals surface area contributed by atoms with Gasteiger partial charge in [0, 0.05) is 23.2 Å². The Balaban J connectivity index is 2.18. The second kappa shape index (κ2) is 9.76. The molecule has 130 valence electrons. The van der Waals surface area contributed by atoms with Crippen LogP contribution in [0.2, 0.25) is 0 Å². The number of halogens is 1. The van der Waals surface area contributed by atoms with Crippen LogP contribution in [0.3, 0.4) is 0 Å². The summed E-state index contributed by atoms with van der Waals surface area (Å²) in [5.74, 6) is -0.769. The summed E-state index contributed by atoms with van der Waals surface area (Å²) < 4.78 is 0.867. The standard InChI is InChI=1S/C19H19BrN2O3/c20-16-9-7-15(8-10-16)18(24)22-17(19(25)21-11-4-12-23)13-14-5-2-1-3-6-14/h1-3,5-10,13,23H,4,11-12H2,(H,21,25)(H,22,24)/b17-13+. The van der Waals surface area contributed by atoms with Crippen LogP contribution in [0.1, 0.15) is 22.3 Å². The quantitative estimate of drug-likeness (QED) is 0.492. The topological polar surface area (TPSA) is 78.4 Å². The molecule has 0 spiro atoms. The predicted octanol–water partition coefficient (Wildman–Crippen LogP) is 2.72. The summed E-state index contributed by atoms with van der Waals surface area (Å²) >= 11 is 3.32. The van der Waals surface area contributed by atoms with Gasteiger partial charge in [0.15, 0.2) is 0 Å². The van der Waals surface area contributed by atoms with Crippen LogP contribution in [0.25, 0.3) is 6.08 Å². The van der Waals surface area contributed by atoms with E-state index in [1.165, 1.54) is 0 Å². The van der Waals surface area contributed by atoms with Crippen molar-refractivity contribution < 1.29 is 14.7 Å². The summed E-state index contributed by atoms with van der Waals surface area (Å²) in [6, 6.07) is 16.1. The first-order valence-electron chi connectivity index (χ1n) is 7.83. The molecule has 2 amide bonds. The number of rotatable bonds is 7. The monoisotopic (exact) mass is 402 g/mol. The van der Waals surface area contributed by atoms with Gasteiger partial charge in [-0.2, -0.15) is 0 Å². The fraction of sp³-hybridized carbons (Fsp3) is 0.158. The Bertz CT molecular complexity index is 743. The van der Waals surface area contributed by atoms with Crippen molar-refractivity contribution >= 4 is 33.8 Å².